The zero-order valence-corrected chi connectivity index (χ0v) is 17.5. The molecule has 0 unspecified atom stereocenters. The largest absolute Gasteiger partial charge is 0.508 e. The Hall–Kier alpha value is -2.00. The lowest BCUT2D eigenvalue weighted by molar-refractivity contribution is 0.290. The number of methoxy groups -OCH3 is 1. The van der Waals surface area contributed by atoms with Crippen LogP contribution in [0.2, 0.25) is 0 Å². The SMILES string of the molecule is CC[C@H](c1ccc(O)c(CN(CC)CC)c1)[C@@H](CC)c1ccc(OC)cc1. The molecule has 2 aromatic carbocycles. The molecule has 2 aromatic rings. The highest BCUT2D eigenvalue weighted by Gasteiger charge is 2.23. The third-order valence-electron chi connectivity index (χ3n) is 5.73. The first kappa shape index (κ1) is 21.3. The van der Waals surface area contributed by atoms with Crippen molar-refractivity contribution in [3.63, 3.8) is 0 Å². The zero-order valence-electron chi connectivity index (χ0n) is 17.5. The van der Waals surface area contributed by atoms with Crippen molar-refractivity contribution in [2.45, 2.75) is 58.9 Å². The van der Waals surface area contributed by atoms with Gasteiger partial charge < -0.3 is 9.84 Å². The molecule has 0 radical (unpaired) electrons. The highest BCUT2D eigenvalue weighted by Crippen LogP contribution is 2.39. The fraction of sp³-hybridized carbons (Fsp3) is 0.500. The molecule has 2 rings (SSSR count). The number of nitrogens with zero attached hydrogens (tertiary/aromatic N) is 1. The Morgan fingerprint density at radius 1 is 0.852 bits per heavy atom. The van der Waals surface area contributed by atoms with Crippen molar-refractivity contribution < 1.29 is 9.84 Å². The summed E-state index contributed by atoms with van der Waals surface area (Å²) in [6.07, 6.45) is 2.15. The topological polar surface area (TPSA) is 32.7 Å². The van der Waals surface area contributed by atoms with Gasteiger partial charge in [-0.2, -0.15) is 0 Å². The van der Waals surface area contributed by atoms with Crippen LogP contribution in [-0.4, -0.2) is 30.2 Å². The first-order chi connectivity index (χ1) is 13.1. The minimum absolute atomic E-state index is 0.401. The lowest BCUT2D eigenvalue weighted by Gasteiger charge is -2.27. The second-order valence-electron chi connectivity index (χ2n) is 7.15. The highest BCUT2D eigenvalue weighted by molar-refractivity contribution is 5.40. The molecule has 1 N–H and O–H groups in total. The molecule has 0 aliphatic heterocycles. The van der Waals surface area contributed by atoms with E-state index in [9.17, 15) is 5.11 Å². The van der Waals surface area contributed by atoms with Gasteiger partial charge >= 0.3 is 0 Å². The Kier molecular flexibility index (Phi) is 8.18. The van der Waals surface area contributed by atoms with Gasteiger partial charge in [0.05, 0.1) is 7.11 Å². The van der Waals surface area contributed by atoms with Crippen molar-refractivity contribution in [2.75, 3.05) is 20.2 Å². The molecule has 0 spiro atoms. The van der Waals surface area contributed by atoms with Crippen LogP contribution in [0.3, 0.4) is 0 Å². The first-order valence-electron chi connectivity index (χ1n) is 10.3. The molecule has 0 saturated carbocycles. The average Bonchev–Trinajstić information content (AvgIpc) is 2.71. The van der Waals surface area contributed by atoms with Crippen molar-refractivity contribution in [1.29, 1.82) is 0 Å². The molecule has 27 heavy (non-hydrogen) atoms. The number of phenols is 1. The van der Waals surface area contributed by atoms with Gasteiger partial charge in [0.1, 0.15) is 11.5 Å². The average molecular weight is 370 g/mol. The summed E-state index contributed by atoms with van der Waals surface area (Å²) in [5.41, 5.74) is 3.70. The van der Waals surface area contributed by atoms with E-state index in [-0.39, 0.29) is 0 Å². The van der Waals surface area contributed by atoms with E-state index in [1.807, 2.05) is 18.2 Å². The highest BCUT2D eigenvalue weighted by atomic mass is 16.5. The number of phenolic OH excluding ortho intramolecular Hbond substituents is 1. The van der Waals surface area contributed by atoms with Crippen LogP contribution in [0.5, 0.6) is 11.5 Å². The van der Waals surface area contributed by atoms with E-state index in [0.29, 0.717) is 17.6 Å². The van der Waals surface area contributed by atoms with E-state index in [0.717, 1.165) is 43.8 Å². The standard InChI is InChI=1S/C24H35NO2/c1-6-22(18-10-13-21(27-5)14-11-18)23(7-2)19-12-15-24(26)20(16-19)17-25(8-3)9-4/h10-16,22-23,26H,6-9,17H2,1-5H3/t22-,23+/m0/s1. The molecule has 0 aliphatic carbocycles. The van der Waals surface area contributed by atoms with Crippen LogP contribution >= 0.6 is 0 Å². The quantitative estimate of drug-likeness (QED) is 0.563. The smallest absolute Gasteiger partial charge is 0.120 e. The first-order valence-corrected chi connectivity index (χ1v) is 10.3. The Bertz CT molecular complexity index is 692. The van der Waals surface area contributed by atoms with Gasteiger partial charge in [-0.15, -0.1) is 0 Å². The van der Waals surface area contributed by atoms with Crippen molar-refractivity contribution in [1.82, 2.24) is 4.90 Å². The van der Waals surface area contributed by atoms with E-state index >= 15 is 0 Å². The summed E-state index contributed by atoms with van der Waals surface area (Å²) in [7, 11) is 1.70. The van der Waals surface area contributed by atoms with Crippen molar-refractivity contribution in [2.24, 2.45) is 0 Å². The summed E-state index contributed by atoms with van der Waals surface area (Å²) in [6.45, 7) is 11.6. The number of hydrogen-bond acceptors (Lipinski definition) is 3. The van der Waals surface area contributed by atoms with Crippen molar-refractivity contribution >= 4 is 0 Å². The Labute approximate surface area is 165 Å². The monoisotopic (exact) mass is 369 g/mol. The van der Waals surface area contributed by atoms with Crippen LogP contribution in [0.1, 0.15) is 69.1 Å². The van der Waals surface area contributed by atoms with Gasteiger partial charge in [-0.3, -0.25) is 4.90 Å². The maximum Gasteiger partial charge on any atom is 0.120 e. The van der Waals surface area contributed by atoms with Crippen LogP contribution in [0.25, 0.3) is 0 Å². The van der Waals surface area contributed by atoms with Crippen LogP contribution in [0, 0.1) is 0 Å². The summed E-state index contributed by atoms with van der Waals surface area (Å²) in [5, 5.41) is 10.4. The molecule has 0 aromatic heterocycles. The molecule has 2 atom stereocenters. The lowest BCUT2D eigenvalue weighted by Crippen LogP contribution is -2.22. The van der Waals surface area contributed by atoms with E-state index in [1.165, 1.54) is 11.1 Å². The van der Waals surface area contributed by atoms with Gasteiger partial charge in [0.15, 0.2) is 0 Å². The van der Waals surface area contributed by atoms with Crippen molar-refractivity contribution in [3.8, 4) is 11.5 Å². The molecule has 0 heterocycles. The van der Waals surface area contributed by atoms with Gasteiger partial charge in [0, 0.05) is 12.1 Å². The van der Waals surface area contributed by atoms with Crippen LogP contribution in [-0.2, 0) is 6.54 Å². The molecule has 0 amide bonds. The minimum Gasteiger partial charge on any atom is -0.508 e. The Morgan fingerprint density at radius 2 is 1.41 bits per heavy atom. The maximum absolute atomic E-state index is 10.4. The number of ether oxygens (including phenoxy) is 1. The summed E-state index contributed by atoms with van der Waals surface area (Å²) in [6, 6.07) is 14.7. The third-order valence-corrected chi connectivity index (χ3v) is 5.73. The molecule has 0 saturated heterocycles. The second-order valence-corrected chi connectivity index (χ2v) is 7.15. The van der Waals surface area contributed by atoms with Gasteiger partial charge in [0.2, 0.25) is 0 Å². The van der Waals surface area contributed by atoms with E-state index in [4.69, 9.17) is 4.74 Å². The molecular weight excluding hydrogens is 334 g/mol. The molecular formula is C24H35NO2. The van der Waals surface area contributed by atoms with E-state index < -0.39 is 0 Å². The maximum atomic E-state index is 10.4. The van der Waals surface area contributed by atoms with Crippen LogP contribution in [0.15, 0.2) is 42.5 Å². The van der Waals surface area contributed by atoms with Crippen molar-refractivity contribution in [3.05, 3.63) is 59.2 Å². The summed E-state index contributed by atoms with van der Waals surface area (Å²) >= 11 is 0. The Morgan fingerprint density at radius 3 is 1.93 bits per heavy atom. The van der Waals surface area contributed by atoms with Gasteiger partial charge in [-0.05, 0) is 67.1 Å². The predicted molar refractivity (Wildman–Crippen MR) is 114 cm³/mol. The Balaban J connectivity index is 2.33. The summed E-state index contributed by atoms with van der Waals surface area (Å²) in [5.74, 6) is 2.18. The molecule has 0 fully saturated rings. The molecule has 3 heteroatoms. The summed E-state index contributed by atoms with van der Waals surface area (Å²) in [4.78, 5) is 2.33. The number of hydrogen-bond donors (Lipinski definition) is 1. The molecule has 148 valence electrons. The number of rotatable bonds is 10. The molecule has 0 bridgehead atoms. The van der Waals surface area contributed by atoms with Crippen LogP contribution < -0.4 is 4.74 Å². The molecule has 3 nitrogen and oxygen atoms in total. The molecule has 0 aliphatic rings. The third kappa shape index (κ3) is 5.26. The lowest BCUT2D eigenvalue weighted by atomic mass is 9.78. The fourth-order valence-electron chi connectivity index (χ4n) is 4.01. The van der Waals surface area contributed by atoms with Gasteiger partial charge in [0.25, 0.3) is 0 Å². The predicted octanol–water partition coefficient (Wildman–Crippen LogP) is 5.93. The number of aromatic hydroxyl groups is 1. The minimum atomic E-state index is 0.401. The number of benzene rings is 2. The van der Waals surface area contributed by atoms with Gasteiger partial charge in [-0.1, -0.05) is 52.0 Å². The second kappa shape index (κ2) is 10.4. The zero-order chi connectivity index (χ0) is 19.8. The van der Waals surface area contributed by atoms with E-state index in [2.05, 4.69) is 56.9 Å². The van der Waals surface area contributed by atoms with E-state index in [1.54, 1.807) is 7.11 Å². The summed E-state index contributed by atoms with van der Waals surface area (Å²) < 4.78 is 5.31. The fourth-order valence-corrected chi connectivity index (χ4v) is 4.01. The normalized spacial score (nSPS) is 13.6. The van der Waals surface area contributed by atoms with Gasteiger partial charge in [-0.25, -0.2) is 0 Å². The van der Waals surface area contributed by atoms with Crippen LogP contribution in [0.4, 0.5) is 0 Å².